The molecule has 1 unspecified atom stereocenters. The molecule has 1 aromatic rings. The Morgan fingerprint density at radius 3 is 2.55 bits per heavy atom. The molecule has 58 valence electrons. The van der Waals surface area contributed by atoms with E-state index in [9.17, 15) is 0 Å². The maximum Gasteiger partial charge on any atom is 0.110 e. The monoisotopic (exact) mass is 166 g/mol. The zero-order chi connectivity index (χ0) is 8.43. The average Bonchev–Trinajstić information content (AvgIpc) is 1.94. The minimum Gasteiger partial charge on any atom is -0.0843 e. The fraction of sp³-hybridized carbons (Fsp3) is 0.333. The van der Waals surface area contributed by atoms with Gasteiger partial charge in [0.05, 0.1) is 0 Å². The van der Waals surface area contributed by atoms with Gasteiger partial charge in [-0.15, -0.1) is 0 Å². The maximum atomic E-state index is 5.86. The van der Waals surface area contributed by atoms with E-state index in [0.29, 0.717) is 5.82 Å². The van der Waals surface area contributed by atoms with Crippen molar-refractivity contribution in [2.75, 3.05) is 0 Å². The van der Waals surface area contributed by atoms with Gasteiger partial charge in [-0.1, -0.05) is 24.6 Å². The molecule has 0 spiro atoms. The Kier molecular flexibility index (Phi) is 2.61. The Morgan fingerprint density at radius 1 is 1.45 bits per heavy atom. The van der Waals surface area contributed by atoms with Gasteiger partial charge >= 0.3 is 0 Å². The lowest BCUT2D eigenvalue weighted by atomic mass is 9.81. The van der Waals surface area contributed by atoms with Crippen LogP contribution in [-0.4, -0.2) is 7.85 Å². The molecular formula is C9H12BCl. The van der Waals surface area contributed by atoms with E-state index in [1.54, 1.807) is 0 Å². The molecule has 0 saturated carbocycles. The number of aryl methyl sites for hydroxylation is 1. The van der Waals surface area contributed by atoms with Gasteiger partial charge in [-0.3, -0.25) is 0 Å². The summed E-state index contributed by atoms with van der Waals surface area (Å²) in [6.07, 6.45) is 0. The summed E-state index contributed by atoms with van der Waals surface area (Å²) in [6, 6.07) is 6.04. The number of hydrogen-bond acceptors (Lipinski definition) is 0. The zero-order valence-electron chi connectivity index (χ0n) is 7.19. The molecule has 0 aliphatic heterocycles. The van der Waals surface area contributed by atoms with Gasteiger partial charge < -0.3 is 0 Å². The first-order valence-corrected chi connectivity index (χ1v) is 4.25. The van der Waals surface area contributed by atoms with Crippen LogP contribution in [0.4, 0.5) is 0 Å². The summed E-state index contributed by atoms with van der Waals surface area (Å²) in [4.78, 5) is 0. The van der Waals surface area contributed by atoms with Gasteiger partial charge in [0.15, 0.2) is 0 Å². The first kappa shape index (κ1) is 8.67. The van der Waals surface area contributed by atoms with Crippen molar-refractivity contribution in [1.82, 2.24) is 0 Å². The van der Waals surface area contributed by atoms with E-state index in [1.165, 1.54) is 11.1 Å². The van der Waals surface area contributed by atoms with E-state index < -0.39 is 0 Å². The zero-order valence-corrected chi connectivity index (χ0v) is 7.94. The predicted octanol–water partition coefficient (Wildman–Crippen LogP) is 2.34. The average molecular weight is 166 g/mol. The summed E-state index contributed by atoms with van der Waals surface area (Å²) in [6.45, 7) is 4.30. The lowest BCUT2D eigenvalue weighted by molar-refractivity contribution is 1.06. The predicted molar refractivity (Wildman–Crippen MR) is 53.1 cm³/mol. The van der Waals surface area contributed by atoms with Gasteiger partial charge in [-0.05, 0) is 36.0 Å². The van der Waals surface area contributed by atoms with E-state index in [4.69, 9.17) is 11.6 Å². The minimum absolute atomic E-state index is 0.564. The van der Waals surface area contributed by atoms with E-state index in [-0.39, 0.29) is 0 Å². The van der Waals surface area contributed by atoms with Gasteiger partial charge in [-0.2, -0.15) is 0 Å². The second kappa shape index (κ2) is 3.31. The molecule has 1 aromatic carbocycles. The molecule has 0 aliphatic carbocycles. The first-order valence-electron chi connectivity index (χ1n) is 3.87. The number of hydrogen-bond donors (Lipinski definition) is 0. The Bertz CT molecular complexity index is 256. The van der Waals surface area contributed by atoms with Crippen molar-refractivity contribution in [3.63, 3.8) is 0 Å². The highest BCUT2D eigenvalue weighted by Gasteiger charge is 2.02. The van der Waals surface area contributed by atoms with E-state index in [2.05, 4.69) is 27.8 Å². The summed E-state index contributed by atoms with van der Waals surface area (Å²) in [5.41, 5.74) is 2.67. The molecule has 0 nitrogen and oxygen atoms in total. The lowest BCUT2D eigenvalue weighted by Crippen LogP contribution is -1.94. The van der Waals surface area contributed by atoms with Gasteiger partial charge in [0.2, 0.25) is 0 Å². The van der Waals surface area contributed by atoms with Crippen molar-refractivity contribution in [2.45, 2.75) is 19.7 Å². The molecule has 1 atom stereocenters. The normalized spacial score (nSPS) is 13.0. The van der Waals surface area contributed by atoms with Crippen LogP contribution in [0.1, 0.15) is 23.9 Å². The summed E-state index contributed by atoms with van der Waals surface area (Å²) in [7, 11) is 2.18. The molecule has 0 radical (unpaired) electrons. The summed E-state index contributed by atoms with van der Waals surface area (Å²) < 4.78 is 0. The molecule has 0 saturated heterocycles. The SMILES string of the molecule is BC(C)c1cc(Cl)ccc1C. The third-order valence-corrected chi connectivity index (χ3v) is 2.10. The Labute approximate surface area is 74.0 Å². The van der Waals surface area contributed by atoms with E-state index in [1.807, 2.05) is 12.1 Å². The molecule has 0 fully saturated rings. The Balaban J connectivity index is 3.13. The van der Waals surface area contributed by atoms with E-state index in [0.717, 1.165) is 5.02 Å². The molecule has 0 N–H and O–H groups in total. The van der Waals surface area contributed by atoms with Gasteiger partial charge in [0.1, 0.15) is 7.85 Å². The molecule has 0 amide bonds. The number of halogens is 1. The fourth-order valence-corrected chi connectivity index (χ4v) is 1.41. The molecule has 0 heterocycles. The fourth-order valence-electron chi connectivity index (χ4n) is 1.23. The lowest BCUT2D eigenvalue weighted by Gasteiger charge is -2.08. The first-order chi connectivity index (χ1) is 5.11. The summed E-state index contributed by atoms with van der Waals surface area (Å²) in [5.74, 6) is 0.564. The third-order valence-electron chi connectivity index (χ3n) is 1.86. The molecule has 11 heavy (non-hydrogen) atoms. The van der Waals surface area contributed by atoms with Crippen molar-refractivity contribution >= 4 is 19.4 Å². The van der Waals surface area contributed by atoms with E-state index >= 15 is 0 Å². The van der Waals surface area contributed by atoms with Crippen molar-refractivity contribution in [1.29, 1.82) is 0 Å². The van der Waals surface area contributed by atoms with Crippen LogP contribution in [0.3, 0.4) is 0 Å². The second-order valence-electron chi connectivity index (χ2n) is 3.16. The highest BCUT2D eigenvalue weighted by atomic mass is 35.5. The standard InChI is InChI=1S/C9H12BCl/c1-6-3-4-8(11)5-9(6)7(2)10/h3-5,7H,10H2,1-2H3. The van der Waals surface area contributed by atoms with Crippen LogP contribution in [0, 0.1) is 6.92 Å². The number of benzene rings is 1. The van der Waals surface area contributed by atoms with Crippen LogP contribution in [0.25, 0.3) is 0 Å². The Hall–Kier alpha value is -0.425. The maximum absolute atomic E-state index is 5.86. The van der Waals surface area contributed by atoms with Crippen LogP contribution in [0.2, 0.25) is 5.02 Å². The number of rotatable bonds is 1. The van der Waals surface area contributed by atoms with Crippen LogP contribution in [0.15, 0.2) is 18.2 Å². The largest absolute Gasteiger partial charge is 0.110 e. The van der Waals surface area contributed by atoms with Crippen molar-refractivity contribution in [3.8, 4) is 0 Å². The van der Waals surface area contributed by atoms with Crippen molar-refractivity contribution < 1.29 is 0 Å². The second-order valence-corrected chi connectivity index (χ2v) is 3.59. The Morgan fingerprint density at radius 2 is 2.09 bits per heavy atom. The highest BCUT2D eigenvalue weighted by Crippen LogP contribution is 2.20. The van der Waals surface area contributed by atoms with Crippen LogP contribution in [0.5, 0.6) is 0 Å². The molecular weight excluding hydrogens is 154 g/mol. The topological polar surface area (TPSA) is 0 Å². The smallest absolute Gasteiger partial charge is 0.0843 e. The van der Waals surface area contributed by atoms with Crippen LogP contribution < -0.4 is 0 Å². The summed E-state index contributed by atoms with van der Waals surface area (Å²) in [5, 5.41) is 0.833. The van der Waals surface area contributed by atoms with Crippen molar-refractivity contribution in [2.24, 2.45) is 0 Å². The minimum atomic E-state index is 0.564. The van der Waals surface area contributed by atoms with Crippen LogP contribution >= 0.6 is 11.6 Å². The molecule has 2 heteroatoms. The van der Waals surface area contributed by atoms with Crippen LogP contribution in [-0.2, 0) is 0 Å². The molecule has 0 bridgehead atoms. The van der Waals surface area contributed by atoms with Crippen molar-refractivity contribution in [3.05, 3.63) is 34.3 Å². The van der Waals surface area contributed by atoms with Gasteiger partial charge in [0.25, 0.3) is 0 Å². The van der Waals surface area contributed by atoms with Gasteiger partial charge in [-0.25, -0.2) is 0 Å². The third kappa shape index (κ3) is 2.00. The quantitative estimate of drug-likeness (QED) is 0.562. The molecule has 0 aliphatic rings. The molecule has 1 rings (SSSR count). The van der Waals surface area contributed by atoms with Gasteiger partial charge in [0, 0.05) is 5.02 Å². The molecule has 0 aromatic heterocycles. The summed E-state index contributed by atoms with van der Waals surface area (Å²) >= 11 is 5.86. The highest BCUT2D eigenvalue weighted by molar-refractivity contribution is 6.30.